The third-order valence-corrected chi connectivity index (χ3v) is 5.40. The number of benzene rings is 1. The van der Waals surface area contributed by atoms with Crippen molar-refractivity contribution in [2.75, 3.05) is 13.1 Å². The molecule has 0 bridgehead atoms. The Kier molecular flexibility index (Phi) is 3.95. The van der Waals surface area contributed by atoms with Crippen molar-refractivity contribution in [1.82, 2.24) is 5.32 Å². The molecular formula is C17H24BrNO. The summed E-state index contributed by atoms with van der Waals surface area (Å²) in [6.07, 6.45) is 5.07. The molecule has 110 valence electrons. The van der Waals surface area contributed by atoms with Gasteiger partial charge in [0.1, 0.15) is 0 Å². The van der Waals surface area contributed by atoms with Gasteiger partial charge < -0.3 is 10.1 Å². The fourth-order valence-electron chi connectivity index (χ4n) is 3.39. The van der Waals surface area contributed by atoms with Gasteiger partial charge in [-0.1, -0.05) is 41.9 Å². The lowest BCUT2D eigenvalue weighted by Crippen LogP contribution is -2.53. The second kappa shape index (κ2) is 5.43. The van der Waals surface area contributed by atoms with Crippen molar-refractivity contribution >= 4 is 15.9 Å². The number of hydrogen-bond donors (Lipinski definition) is 1. The highest BCUT2D eigenvalue weighted by molar-refractivity contribution is 9.10. The van der Waals surface area contributed by atoms with Crippen LogP contribution < -0.4 is 5.32 Å². The predicted molar refractivity (Wildman–Crippen MR) is 85.8 cm³/mol. The molecule has 2 aliphatic rings. The van der Waals surface area contributed by atoms with Gasteiger partial charge in [-0.2, -0.15) is 0 Å². The van der Waals surface area contributed by atoms with E-state index in [1.807, 2.05) is 0 Å². The van der Waals surface area contributed by atoms with Gasteiger partial charge in [0.05, 0.1) is 11.7 Å². The Bertz CT molecular complexity index is 476. The van der Waals surface area contributed by atoms with Crippen molar-refractivity contribution in [1.29, 1.82) is 0 Å². The van der Waals surface area contributed by atoms with Crippen LogP contribution in [0.5, 0.6) is 0 Å². The summed E-state index contributed by atoms with van der Waals surface area (Å²) in [5, 5.41) is 3.60. The monoisotopic (exact) mass is 337 g/mol. The van der Waals surface area contributed by atoms with Crippen molar-refractivity contribution in [2.45, 2.75) is 51.2 Å². The maximum absolute atomic E-state index is 6.57. The first-order chi connectivity index (χ1) is 9.48. The quantitative estimate of drug-likeness (QED) is 0.817. The first kappa shape index (κ1) is 14.6. The molecule has 0 amide bonds. The number of ether oxygens (including phenoxy) is 1. The molecule has 1 saturated heterocycles. The third kappa shape index (κ3) is 3.10. The Morgan fingerprint density at radius 3 is 2.65 bits per heavy atom. The summed E-state index contributed by atoms with van der Waals surface area (Å²) in [6.45, 7) is 6.68. The topological polar surface area (TPSA) is 21.3 Å². The summed E-state index contributed by atoms with van der Waals surface area (Å²) in [4.78, 5) is 0. The molecule has 20 heavy (non-hydrogen) atoms. The SMILES string of the molecule is CC1(C)CCC2(CC1)CNCC(c1cccc(Br)c1)O2. The van der Waals surface area contributed by atoms with Gasteiger partial charge in [-0.05, 0) is 48.8 Å². The van der Waals surface area contributed by atoms with E-state index < -0.39 is 0 Å². The maximum atomic E-state index is 6.57. The second-order valence-corrected chi connectivity index (χ2v) is 8.06. The van der Waals surface area contributed by atoms with E-state index >= 15 is 0 Å². The van der Waals surface area contributed by atoms with Gasteiger partial charge in [-0.25, -0.2) is 0 Å². The fourth-order valence-corrected chi connectivity index (χ4v) is 3.80. The van der Waals surface area contributed by atoms with E-state index in [-0.39, 0.29) is 11.7 Å². The summed E-state index contributed by atoms with van der Waals surface area (Å²) in [5.41, 5.74) is 1.81. The van der Waals surface area contributed by atoms with Crippen LogP contribution in [0.2, 0.25) is 0 Å². The average Bonchev–Trinajstić information content (AvgIpc) is 2.43. The lowest BCUT2D eigenvalue weighted by Gasteiger charge is -2.48. The fraction of sp³-hybridized carbons (Fsp3) is 0.647. The van der Waals surface area contributed by atoms with Gasteiger partial charge in [0, 0.05) is 17.6 Å². The van der Waals surface area contributed by atoms with Crippen LogP contribution in [0.4, 0.5) is 0 Å². The molecule has 1 aliphatic carbocycles. The summed E-state index contributed by atoms with van der Waals surface area (Å²) >= 11 is 3.56. The minimum atomic E-state index is 0.0563. The van der Waals surface area contributed by atoms with Crippen LogP contribution in [-0.2, 0) is 4.74 Å². The molecule has 1 N–H and O–H groups in total. The van der Waals surface area contributed by atoms with Crippen molar-refractivity contribution < 1.29 is 4.74 Å². The zero-order valence-electron chi connectivity index (χ0n) is 12.4. The molecule has 3 heteroatoms. The molecular weight excluding hydrogens is 314 g/mol. The molecule has 1 unspecified atom stereocenters. The number of rotatable bonds is 1. The average molecular weight is 338 g/mol. The number of morpholine rings is 1. The number of halogens is 1. The Morgan fingerprint density at radius 2 is 1.95 bits per heavy atom. The molecule has 1 aromatic rings. The molecule has 0 aromatic heterocycles. The molecule has 0 radical (unpaired) electrons. The molecule has 1 saturated carbocycles. The second-order valence-electron chi connectivity index (χ2n) is 7.14. The predicted octanol–water partition coefficient (Wildman–Crippen LogP) is 4.45. The van der Waals surface area contributed by atoms with E-state index in [4.69, 9.17) is 4.74 Å². The van der Waals surface area contributed by atoms with E-state index in [0.717, 1.165) is 17.6 Å². The lowest BCUT2D eigenvalue weighted by molar-refractivity contribution is -0.147. The molecule has 1 aromatic carbocycles. The lowest BCUT2D eigenvalue weighted by atomic mass is 9.70. The highest BCUT2D eigenvalue weighted by Crippen LogP contribution is 2.44. The molecule has 1 aliphatic heterocycles. The van der Waals surface area contributed by atoms with Crippen molar-refractivity contribution in [3.05, 3.63) is 34.3 Å². The molecule has 1 atom stereocenters. The van der Waals surface area contributed by atoms with Gasteiger partial charge in [-0.15, -0.1) is 0 Å². The Morgan fingerprint density at radius 1 is 1.20 bits per heavy atom. The molecule has 1 heterocycles. The molecule has 2 fully saturated rings. The van der Waals surface area contributed by atoms with E-state index in [2.05, 4.69) is 59.4 Å². The van der Waals surface area contributed by atoms with Crippen molar-refractivity contribution in [2.24, 2.45) is 5.41 Å². The Balaban J connectivity index is 1.74. The van der Waals surface area contributed by atoms with E-state index in [1.54, 1.807) is 0 Å². The van der Waals surface area contributed by atoms with Crippen LogP contribution >= 0.6 is 15.9 Å². The first-order valence-corrected chi connectivity index (χ1v) is 8.41. The summed E-state index contributed by atoms with van der Waals surface area (Å²) in [6, 6.07) is 8.51. The van der Waals surface area contributed by atoms with Crippen LogP contribution in [0, 0.1) is 5.41 Å². The van der Waals surface area contributed by atoms with E-state index in [1.165, 1.54) is 31.2 Å². The van der Waals surface area contributed by atoms with Gasteiger partial charge in [0.15, 0.2) is 0 Å². The normalized spacial score (nSPS) is 28.4. The Hall–Kier alpha value is -0.380. The molecule has 3 rings (SSSR count). The van der Waals surface area contributed by atoms with E-state index in [0.29, 0.717) is 5.41 Å². The van der Waals surface area contributed by atoms with E-state index in [9.17, 15) is 0 Å². The van der Waals surface area contributed by atoms with Crippen LogP contribution in [0.3, 0.4) is 0 Å². The highest BCUT2D eigenvalue weighted by Gasteiger charge is 2.42. The van der Waals surface area contributed by atoms with Crippen LogP contribution in [-0.4, -0.2) is 18.7 Å². The summed E-state index contributed by atoms with van der Waals surface area (Å²) < 4.78 is 7.69. The van der Waals surface area contributed by atoms with Crippen LogP contribution in [0.15, 0.2) is 28.7 Å². The summed E-state index contributed by atoms with van der Waals surface area (Å²) in [7, 11) is 0. The smallest absolute Gasteiger partial charge is 0.0957 e. The minimum Gasteiger partial charge on any atom is -0.364 e. The van der Waals surface area contributed by atoms with Gasteiger partial charge in [-0.3, -0.25) is 0 Å². The first-order valence-electron chi connectivity index (χ1n) is 7.62. The largest absolute Gasteiger partial charge is 0.364 e. The van der Waals surface area contributed by atoms with Gasteiger partial charge >= 0.3 is 0 Å². The minimum absolute atomic E-state index is 0.0563. The Labute approximate surface area is 130 Å². The third-order valence-electron chi connectivity index (χ3n) is 4.90. The number of hydrogen-bond acceptors (Lipinski definition) is 2. The van der Waals surface area contributed by atoms with Gasteiger partial charge in [0.2, 0.25) is 0 Å². The zero-order valence-corrected chi connectivity index (χ0v) is 14.0. The maximum Gasteiger partial charge on any atom is 0.0957 e. The molecule has 1 spiro atoms. The standard InChI is InChI=1S/C17H24BrNO/c1-16(2)6-8-17(9-7-16)12-19-11-15(20-17)13-4-3-5-14(18)10-13/h3-5,10,15,19H,6-9,11-12H2,1-2H3. The van der Waals surface area contributed by atoms with Crippen LogP contribution in [0.25, 0.3) is 0 Å². The summed E-state index contributed by atoms with van der Waals surface area (Å²) in [5.74, 6) is 0. The van der Waals surface area contributed by atoms with Gasteiger partial charge in [0.25, 0.3) is 0 Å². The number of nitrogens with one attached hydrogen (secondary N) is 1. The van der Waals surface area contributed by atoms with Crippen molar-refractivity contribution in [3.63, 3.8) is 0 Å². The molecule has 2 nitrogen and oxygen atoms in total. The van der Waals surface area contributed by atoms with Crippen LogP contribution in [0.1, 0.15) is 51.2 Å². The highest BCUT2D eigenvalue weighted by atomic mass is 79.9. The van der Waals surface area contributed by atoms with Crippen molar-refractivity contribution in [3.8, 4) is 0 Å². The zero-order chi connectivity index (χ0) is 14.2.